The van der Waals surface area contributed by atoms with Gasteiger partial charge in [-0.2, -0.15) is 0 Å². The number of amides is 2. The van der Waals surface area contributed by atoms with Crippen LogP contribution in [0.3, 0.4) is 0 Å². The summed E-state index contributed by atoms with van der Waals surface area (Å²) in [5.41, 5.74) is 2.09. The molecule has 1 aliphatic heterocycles. The van der Waals surface area contributed by atoms with Gasteiger partial charge in [-0.1, -0.05) is 56.2 Å². The molecule has 0 bridgehead atoms. The molecular weight excluding hydrogens is 424 g/mol. The molecule has 1 aromatic heterocycles. The monoisotopic (exact) mass is 462 g/mol. The van der Waals surface area contributed by atoms with Gasteiger partial charge in [-0.3, -0.25) is 19.5 Å². The highest BCUT2D eigenvalue weighted by molar-refractivity contribution is 5.84. The zero-order valence-corrected chi connectivity index (χ0v) is 20.4. The fourth-order valence-electron chi connectivity index (χ4n) is 5.59. The molecule has 182 valence electrons. The molecule has 4 rings (SSSR count). The van der Waals surface area contributed by atoms with Crippen LogP contribution in [-0.4, -0.2) is 65.4 Å². The lowest BCUT2D eigenvalue weighted by atomic mass is 9.93. The second-order valence-corrected chi connectivity index (χ2v) is 9.58. The van der Waals surface area contributed by atoms with E-state index in [0.717, 1.165) is 50.0 Å². The van der Waals surface area contributed by atoms with Crippen LogP contribution in [0, 0.1) is 5.92 Å². The normalized spacial score (nSPS) is 19.0. The summed E-state index contributed by atoms with van der Waals surface area (Å²) in [6, 6.07) is 15.9. The minimum Gasteiger partial charge on any atom is -0.354 e. The summed E-state index contributed by atoms with van der Waals surface area (Å²) < 4.78 is 0. The lowest BCUT2D eigenvalue weighted by Gasteiger charge is -2.41. The quantitative estimate of drug-likeness (QED) is 0.618. The predicted octanol–water partition coefficient (Wildman–Crippen LogP) is 3.64. The lowest BCUT2D eigenvalue weighted by molar-refractivity contribution is -0.136. The number of nitrogens with zero attached hydrogens (tertiary/aromatic N) is 3. The minimum atomic E-state index is -0.0976. The lowest BCUT2D eigenvalue weighted by Crippen LogP contribution is -2.58. The van der Waals surface area contributed by atoms with Gasteiger partial charge < -0.3 is 10.2 Å². The molecule has 1 N–H and O–H groups in total. The number of aromatic nitrogens is 1. The number of piperazine rings is 1. The molecule has 6 nitrogen and oxygen atoms in total. The molecule has 2 aliphatic rings. The number of nitrogens with one attached hydrogen (secondary N) is 1. The van der Waals surface area contributed by atoms with Gasteiger partial charge in [-0.15, -0.1) is 0 Å². The Labute approximate surface area is 203 Å². The molecular formula is C28H38N4O2. The molecule has 1 saturated carbocycles. The van der Waals surface area contributed by atoms with Crippen molar-refractivity contribution in [2.45, 2.75) is 57.4 Å². The number of hydrogen-bond acceptors (Lipinski definition) is 4. The molecule has 1 aromatic carbocycles. The summed E-state index contributed by atoms with van der Waals surface area (Å²) in [7, 11) is 0. The highest BCUT2D eigenvalue weighted by atomic mass is 16.2. The molecule has 2 atom stereocenters. The molecule has 2 aromatic rings. The summed E-state index contributed by atoms with van der Waals surface area (Å²) in [6.45, 7) is 5.57. The van der Waals surface area contributed by atoms with Crippen molar-refractivity contribution in [3.63, 3.8) is 0 Å². The highest BCUT2D eigenvalue weighted by Gasteiger charge is 2.37. The van der Waals surface area contributed by atoms with Gasteiger partial charge in [0.2, 0.25) is 11.8 Å². The maximum Gasteiger partial charge on any atom is 0.237 e. The molecule has 34 heavy (non-hydrogen) atoms. The second kappa shape index (κ2) is 12.1. The summed E-state index contributed by atoms with van der Waals surface area (Å²) in [5, 5.41) is 3.19. The summed E-state index contributed by atoms with van der Waals surface area (Å²) in [6.07, 6.45) is 7.97. The molecule has 2 amide bonds. The average Bonchev–Trinajstić information content (AvgIpc) is 3.41. The Kier molecular flexibility index (Phi) is 8.69. The van der Waals surface area contributed by atoms with Crippen molar-refractivity contribution in [2.24, 2.45) is 5.92 Å². The maximum atomic E-state index is 13.3. The van der Waals surface area contributed by atoms with Gasteiger partial charge in [-0.25, -0.2) is 0 Å². The molecule has 0 radical (unpaired) electrons. The number of benzene rings is 1. The Bertz CT molecular complexity index is 907. The van der Waals surface area contributed by atoms with Crippen LogP contribution in [0.2, 0.25) is 0 Å². The van der Waals surface area contributed by atoms with Crippen LogP contribution in [0.1, 0.15) is 56.2 Å². The van der Waals surface area contributed by atoms with Crippen molar-refractivity contribution in [2.75, 3.05) is 32.7 Å². The molecule has 2 fully saturated rings. The van der Waals surface area contributed by atoms with Crippen LogP contribution in [0.4, 0.5) is 0 Å². The first kappa shape index (κ1) is 24.4. The Hall–Kier alpha value is -2.73. The zero-order chi connectivity index (χ0) is 23.8. The SMILES string of the molecule is CC[C@H](C(=O)N1CCN([C@H](C(=O)NCCc2ccccn2)C2CCCC2)CC1)c1ccccc1. The van der Waals surface area contributed by atoms with Gasteiger partial charge in [0.15, 0.2) is 0 Å². The van der Waals surface area contributed by atoms with Crippen LogP contribution in [0.15, 0.2) is 54.7 Å². The number of hydrogen-bond donors (Lipinski definition) is 1. The molecule has 0 unspecified atom stereocenters. The molecule has 0 spiro atoms. The first-order valence-electron chi connectivity index (χ1n) is 12.9. The third kappa shape index (κ3) is 6.03. The number of rotatable bonds is 9. The van der Waals surface area contributed by atoms with Crippen LogP contribution in [-0.2, 0) is 16.0 Å². The van der Waals surface area contributed by atoms with E-state index in [1.807, 2.05) is 53.4 Å². The van der Waals surface area contributed by atoms with E-state index in [1.54, 1.807) is 6.20 Å². The fourth-order valence-corrected chi connectivity index (χ4v) is 5.59. The fraction of sp³-hybridized carbons (Fsp3) is 0.536. The van der Waals surface area contributed by atoms with Crippen molar-refractivity contribution in [1.82, 2.24) is 20.1 Å². The van der Waals surface area contributed by atoms with Gasteiger partial charge >= 0.3 is 0 Å². The molecule has 6 heteroatoms. The van der Waals surface area contributed by atoms with E-state index in [9.17, 15) is 9.59 Å². The van der Waals surface area contributed by atoms with Crippen molar-refractivity contribution >= 4 is 11.8 Å². The Morgan fingerprint density at radius 2 is 1.71 bits per heavy atom. The number of carbonyl (C=O) groups is 2. The zero-order valence-electron chi connectivity index (χ0n) is 20.4. The van der Waals surface area contributed by atoms with Gasteiger partial charge in [0.05, 0.1) is 12.0 Å². The summed E-state index contributed by atoms with van der Waals surface area (Å²) in [5.74, 6) is 0.669. The van der Waals surface area contributed by atoms with Gasteiger partial charge in [0.25, 0.3) is 0 Å². The summed E-state index contributed by atoms with van der Waals surface area (Å²) >= 11 is 0. The molecule has 1 aliphatic carbocycles. The van der Waals surface area contributed by atoms with Gasteiger partial charge in [0.1, 0.15) is 0 Å². The van der Waals surface area contributed by atoms with Gasteiger partial charge in [0, 0.05) is 51.0 Å². The Morgan fingerprint density at radius 1 is 1.00 bits per heavy atom. The molecule has 2 heterocycles. The van der Waals surface area contributed by atoms with Crippen LogP contribution in [0.25, 0.3) is 0 Å². The van der Waals surface area contributed by atoms with Crippen molar-refractivity contribution in [1.29, 1.82) is 0 Å². The number of carbonyl (C=O) groups excluding carboxylic acids is 2. The smallest absolute Gasteiger partial charge is 0.237 e. The second-order valence-electron chi connectivity index (χ2n) is 9.58. The van der Waals surface area contributed by atoms with E-state index in [2.05, 4.69) is 22.1 Å². The predicted molar refractivity (Wildman–Crippen MR) is 134 cm³/mol. The third-order valence-corrected chi connectivity index (χ3v) is 7.45. The summed E-state index contributed by atoms with van der Waals surface area (Å²) in [4.78, 5) is 35.3. The van der Waals surface area contributed by atoms with E-state index in [1.165, 1.54) is 12.8 Å². The van der Waals surface area contributed by atoms with Crippen LogP contribution in [0.5, 0.6) is 0 Å². The Morgan fingerprint density at radius 3 is 2.35 bits per heavy atom. The van der Waals surface area contributed by atoms with E-state index in [-0.39, 0.29) is 23.8 Å². The first-order chi connectivity index (χ1) is 16.7. The van der Waals surface area contributed by atoms with Crippen molar-refractivity contribution < 1.29 is 9.59 Å². The first-order valence-corrected chi connectivity index (χ1v) is 12.9. The van der Waals surface area contributed by atoms with E-state index >= 15 is 0 Å². The third-order valence-electron chi connectivity index (χ3n) is 7.45. The highest BCUT2D eigenvalue weighted by Crippen LogP contribution is 2.31. The molecule has 1 saturated heterocycles. The maximum absolute atomic E-state index is 13.3. The topological polar surface area (TPSA) is 65.5 Å². The standard InChI is InChI=1S/C28H38N4O2/c1-2-25(22-10-4-3-5-11-22)28(34)32-20-18-31(19-21-32)26(23-12-6-7-13-23)27(33)30-17-15-24-14-8-9-16-29-24/h3-5,8-11,14,16,23,25-26H,2,6-7,12-13,15,17-21H2,1H3,(H,30,33)/t25-,26-/m0/s1. The van der Waals surface area contributed by atoms with Crippen molar-refractivity contribution in [3.05, 3.63) is 66.0 Å². The van der Waals surface area contributed by atoms with Crippen LogP contribution >= 0.6 is 0 Å². The number of pyridine rings is 1. The van der Waals surface area contributed by atoms with E-state index in [0.29, 0.717) is 25.6 Å². The largest absolute Gasteiger partial charge is 0.354 e. The minimum absolute atomic E-state index is 0.0896. The van der Waals surface area contributed by atoms with E-state index < -0.39 is 0 Å². The Balaban J connectivity index is 1.35. The van der Waals surface area contributed by atoms with Crippen LogP contribution < -0.4 is 5.32 Å². The van der Waals surface area contributed by atoms with E-state index in [4.69, 9.17) is 0 Å². The van der Waals surface area contributed by atoms with Crippen molar-refractivity contribution in [3.8, 4) is 0 Å². The average molecular weight is 463 g/mol. The van der Waals surface area contributed by atoms with Gasteiger partial charge in [-0.05, 0) is 42.9 Å².